The molecule has 0 amide bonds. The van der Waals surface area contributed by atoms with Gasteiger partial charge in [-0.1, -0.05) is 46.4 Å². The van der Waals surface area contributed by atoms with Crippen molar-refractivity contribution in [2.24, 2.45) is 0 Å². The normalized spacial score (nSPS) is 10.9. The third-order valence-corrected chi connectivity index (χ3v) is 5.41. The van der Waals surface area contributed by atoms with Crippen molar-refractivity contribution in [2.45, 2.75) is 13.0 Å². The van der Waals surface area contributed by atoms with E-state index >= 15 is 0 Å². The average molecular weight is 552 g/mol. The molecule has 0 aliphatic rings. The molecule has 4 aromatic rings. The molecule has 0 saturated heterocycles. The average Bonchev–Trinajstić information content (AvgIpc) is 2.85. The number of ether oxygens (including phenoxy) is 5. The van der Waals surface area contributed by atoms with Crippen LogP contribution >= 0.6 is 46.4 Å². The third kappa shape index (κ3) is 8.13. The highest BCUT2D eigenvalue weighted by Crippen LogP contribution is 2.25. The first kappa shape index (κ1) is 25.3. The number of halogens is 4. The van der Waals surface area contributed by atoms with Crippen LogP contribution in [0.2, 0.25) is 20.1 Å². The van der Waals surface area contributed by atoms with Gasteiger partial charge in [-0.05, 0) is 97.1 Å². The lowest BCUT2D eigenvalue weighted by molar-refractivity contribution is -0.315. The zero-order chi connectivity index (χ0) is 24.6. The summed E-state index contributed by atoms with van der Waals surface area (Å²) in [7, 11) is 0. The minimum Gasteiger partial charge on any atom is -0.432 e. The molecule has 0 aliphatic heterocycles. The molecule has 0 atom stereocenters. The van der Waals surface area contributed by atoms with Crippen molar-refractivity contribution in [1.29, 1.82) is 0 Å². The van der Waals surface area contributed by atoms with Crippen LogP contribution in [0.5, 0.6) is 23.0 Å². The van der Waals surface area contributed by atoms with E-state index in [1.165, 1.54) is 0 Å². The number of rotatable bonds is 10. The van der Waals surface area contributed by atoms with Gasteiger partial charge in [0.05, 0.1) is 0 Å². The zero-order valence-electron chi connectivity index (χ0n) is 17.9. The Balaban J connectivity index is 1.58. The van der Waals surface area contributed by atoms with Gasteiger partial charge >= 0.3 is 13.0 Å². The van der Waals surface area contributed by atoms with Crippen molar-refractivity contribution < 1.29 is 23.7 Å². The van der Waals surface area contributed by atoms with Gasteiger partial charge in [0, 0.05) is 20.1 Å². The summed E-state index contributed by atoms with van der Waals surface area (Å²) in [4.78, 5) is 0. The number of benzene rings is 4. The fraction of sp³-hybridized carbons (Fsp3) is 0.0769. The second-order valence-corrected chi connectivity index (χ2v) is 8.75. The Bertz CT molecular complexity index is 1010. The maximum absolute atomic E-state index is 5.99. The summed E-state index contributed by atoms with van der Waals surface area (Å²) in [5.74, 6) is 1.80. The van der Waals surface area contributed by atoms with Gasteiger partial charge in [-0.2, -0.15) is 0 Å². The largest absolute Gasteiger partial charge is 0.432 e. The summed E-state index contributed by atoms with van der Waals surface area (Å²) in [5, 5.41) is 2.24. The molecule has 4 aromatic carbocycles. The summed E-state index contributed by atoms with van der Waals surface area (Å²) >= 11 is 24.0. The van der Waals surface area contributed by atoms with E-state index in [1.807, 2.05) is 0 Å². The minimum atomic E-state index is -1.28. The Morgan fingerprint density at radius 2 is 0.543 bits per heavy atom. The van der Waals surface area contributed by atoms with Gasteiger partial charge in [0.15, 0.2) is 0 Å². The molecule has 0 unspecified atom stereocenters. The predicted molar refractivity (Wildman–Crippen MR) is 137 cm³/mol. The maximum atomic E-state index is 5.99. The van der Waals surface area contributed by atoms with Gasteiger partial charge in [0.2, 0.25) is 0 Å². The van der Waals surface area contributed by atoms with E-state index in [0.29, 0.717) is 43.1 Å². The van der Waals surface area contributed by atoms with Crippen LogP contribution in [0.4, 0.5) is 0 Å². The highest BCUT2D eigenvalue weighted by atomic mass is 35.5. The fourth-order valence-corrected chi connectivity index (χ4v) is 3.25. The molecule has 180 valence electrons. The van der Waals surface area contributed by atoms with Crippen LogP contribution in [0.25, 0.3) is 0 Å². The molecule has 5 nitrogen and oxygen atoms in total. The Morgan fingerprint density at radius 1 is 0.343 bits per heavy atom. The fourth-order valence-electron chi connectivity index (χ4n) is 2.75. The van der Waals surface area contributed by atoms with Crippen molar-refractivity contribution in [2.75, 3.05) is 0 Å². The van der Waals surface area contributed by atoms with Crippen LogP contribution in [-0.2, 0) is 4.74 Å². The van der Waals surface area contributed by atoms with E-state index in [4.69, 9.17) is 70.1 Å². The molecular formula is C26H18Cl4O5. The summed E-state index contributed by atoms with van der Waals surface area (Å²) in [6, 6.07) is 26.9. The van der Waals surface area contributed by atoms with Crippen molar-refractivity contribution in [3.8, 4) is 23.0 Å². The lowest BCUT2D eigenvalue weighted by Crippen LogP contribution is -2.38. The Hall–Kier alpha value is -2.80. The monoisotopic (exact) mass is 550 g/mol. The summed E-state index contributed by atoms with van der Waals surface area (Å²) in [6.07, 6.45) is 0. The van der Waals surface area contributed by atoms with Crippen molar-refractivity contribution in [1.82, 2.24) is 0 Å². The zero-order valence-corrected chi connectivity index (χ0v) is 21.0. The highest BCUT2D eigenvalue weighted by molar-refractivity contribution is 6.31. The maximum Gasteiger partial charge on any atom is 0.366 e. The van der Waals surface area contributed by atoms with E-state index in [0.717, 1.165) is 0 Å². The van der Waals surface area contributed by atoms with Crippen molar-refractivity contribution >= 4 is 46.4 Å². The molecule has 0 saturated carbocycles. The molecule has 0 bridgehead atoms. The molecule has 0 spiro atoms. The van der Waals surface area contributed by atoms with Crippen LogP contribution in [0, 0.1) is 0 Å². The predicted octanol–water partition coefficient (Wildman–Crippen LogP) is 8.50. The smallest absolute Gasteiger partial charge is 0.366 e. The second-order valence-electron chi connectivity index (χ2n) is 7.00. The van der Waals surface area contributed by atoms with Gasteiger partial charge in [-0.25, -0.2) is 4.74 Å². The van der Waals surface area contributed by atoms with E-state index in [-0.39, 0.29) is 0 Å². The first-order valence-electron chi connectivity index (χ1n) is 10.3. The molecule has 0 radical (unpaired) electrons. The van der Waals surface area contributed by atoms with E-state index in [1.54, 1.807) is 97.1 Å². The third-order valence-electron chi connectivity index (χ3n) is 4.41. The van der Waals surface area contributed by atoms with Gasteiger partial charge in [0.1, 0.15) is 23.0 Å². The summed E-state index contributed by atoms with van der Waals surface area (Å²) in [5.41, 5.74) is 0. The molecule has 0 N–H and O–H groups in total. The van der Waals surface area contributed by atoms with Gasteiger partial charge < -0.3 is 18.9 Å². The molecule has 0 heterocycles. The van der Waals surface area contributed by atoms with Crippen LogP contribution in [0.3, 0.4) is 0 Å². The van der Waals surface area contributed by atoms with E-state index in [2.05, 4.69) is 0 Å². The van der Waals surface area contributed by atoms with Crippen LogP contribution in [0.15, 0.2) is 97.1 Å². The lowest BCUT2D eigenvalue weighted by atomic mass is 10.3. The lowest BCUT2D eigenvalue weighted by Gasteiger charge is -2.26. The topological polar surface area (TPSA) is 46.2 Å². The standard InChI is InChI=1S/C26H18Cl4O5/c27-17-1-9-21(10-2-17)31-25(32-22-11-3-18(28)4-12-22)35-26(33-23-13-5-19(29)6-14-23)34-24-15-7-20(30)8-16-24/h1-16,25-26H. The first-order valence-corrected chi connectivity index (χ1v) is 11.8. The highest BCUT2D eigenvalue weighted by Gasteiger charge is 2.24. The molecule has 35 heavy (non-hydrogen) atoms. The minimum absolute atomic E-state index is 0.449. The molecule has 0 fully saturated rings. The Morgan fingerprint density at radius 3 is 0.743 bits per heavy atom. The molecule has 4 rings (SSSR count). The Kier molecular flexibility index (Phi) is 8.85. The summed E-state index contributed by atoms with van der Waals surface area (Å²) in [6.45, 7) is -2.55. The molecule has 9 heteroatoms. The SMILES string of the molecule is Clc1ccc(OC(Oc2ccc(Cl)cc2)OC(Oc2ccc(Cl)cc2)Oc2ccc(Cl)cc2)cc1. The molecule has 0 aliphatic carbocycles. The second kappa shape index (κ2) is 12.2. The summed E-state index contributed by atoms with van der Waals surface area (Å²) < 4.78 is 29.6. The molecule has 0 aromatic heterocycles. The first-order chi connectivity index (χ1) is 16.9. The quantitative estimate of drug-likeness (QED) is 0.185. The van der Waals surface area contributed by atoms with E-state index < -0.39 is 13.0 Å². The van der Waals surface area contributed by atoms with Gasteiger partial charge in [-0.3, -0.25) is 0 Å². The van der Waals surface area contributed by atoms with Crippen LogP contribution in [0.1, 0.15) is 0 Å². The van der Waals surface area contributed by atoms with Gasteiger partial charge in [-0.15, -0.1) is 0 Å². The molecular weight excluding hydrogens is 534 g/mol. The Labute approximate surface area is 222 Å². The van der Waals surface area contributed by atoms with Crippen LogP contribution in [-0.4, -0.2) is 13.0 Å². The van der Waals surface area contributed by atoms with Crippen molar-refractivity contribution in [3.05, 3.63) is 117 Å². The van der Waals surface area contributed by atoms with Crippen molar-refractivity contribution in [3.63, 3.8) is 0 Å². The number of hydrogen-bond donors (Lipinski definition) is 0. The number of hydrogen-bond acceptors (Lipinski definition) is 5. The van der Waals surface area contributed by atoms with Crippen LogP contribution < -0.4 is 18.9 Å². The van der Waals surface area contributed by atoms with Gasteiger partial charge in [0.25, 0.3) is 0 Å². The van der Waals surface area contributed by atoms with E-state index in [9.17, 15) is 0 Å².